The molecular formula is C19H25N3OS. The Balaban J connectivity index is 2.37. The van der Waals surface area contributed by atoms with Crippen molar-refractivity contribution in [2.75, 3.05) is 5.73 Å². The quantitative estimate of drug-likeness (QED) is 0.484. The molecule has 0 aliphatic carbocycles. The number of carbonyl (C=O) groups is 1. The van der Waals surface area contributed by atoms with E-state index in [0.717, 1.165) is 16.2 Å². The number of nitrogen functional groups attached to an aromatic ring is 1. The zero-order valence-corrected chi connectivity index (χ0v) is 16.0. The number of benzene rings is 1. The molecule has 2 N–H and O–H groups in total. The third kappa shape index (κ3) is 3.61. The summed E-state index contributed by atoms with van der Waals surface area (Å²) in [5.74, 6) is 0.294. The van der Waals surface area contributed by atoms with Gasteiger partial charge in [0, 0.05) is 27.8 Å². The molecular weight excluding hydrogens is 318 g/mol. The van der Waals surface area contributed by atoms with E-state index >= 15 is 0 Å². The molecule has 0 aliphatic heterocycles. The number of carbonyl (C=O) groups excluding carboxylic acids is 1. The summed E-state index contributed by atoms with van der Waals surface area (Å²) in [6.07, 6.45) is 1.80. The van der Waals surface area contributed by atoms with Gasteiger partial charge in [0.15, 0.2) is 10.9 Å². The lowest BCUT2D eigenvalue weighted by atomic mass is 9.75. The molecule has 2 rings (SSSR count). The first-order chi connectivity index (χ1) is 11.1. The number of nitrogens with zero attached hydrogens (tertiary/aromatic N) is 2. The molecule has 128 valence electrons. The number of hydrogen-bond donors (Lipinski definition) is 1. The topological polar surface area (TPSA) is 68.9 Å². The normalized spacial score (nSPS) is 11.8. The van der Waals surface area contributed by atoms with Crippen molar-refractivity contribution >= 4 is 23.2 Å². The number of hydrogen-bond acceptors (Lipinski definition) is 5. The van der Waals surface area contributed by atoms with E-state index in [4.69, 9.17) is 5.73 Å². The van der Waals surface area contributed by atoms with Gasteiger partial charge in [-0.05, 0) is 49.2 Å². The van der Waals surface area contributed by atoms with Gasteiger partial charge in [-0.15, -0.1) is 0 Å². The highest BCUT2D eigenvalue weighted by atomic mass is 32.2. The van der Waals surface area contributed by atoms with Crippen LogP contribution >= 0.6 is 11.8 Å². The monoisotopic (exact) mass is 343 g/mol. The van der Waals surface area contributed by atoms with Crippen LogP contribution in [0.2, 0.25) is 0 Å². The van der Waals surface area contributed by atoms with Crippen LogP contribution in [-0.4, -0.2) is 15.8 Å². The first-order valence-corrected chi connectivity index (χ1v) is 8.87. The molecule has 1 aromatic heterocycles. The summed E-state index contributed by atoms with van der Waals surface area (Å²) >= 11 is 1.39. The van der Waals surface area contributed by atoms with Crippen LogP contribution in [0.5, 0.6) is 0 Å². The Morgan fingerprint density at radius 2 is 1.92 bits per heavy atom. The zero-order chi connectivity index (χ0) is 18.1. The third-order valence-corrected chi connectivity index (χ3v) is 5.70. The highest BCUT2D eigenvalue weighted by Gasteiger charge is 2.33. The molecule has 0 amide bonds. The Kier molecular flexibility index (Phi) is 5.33. The molecule has 4 nitrogen and oxygen atoms in total. The second-order valence-electron chi connectivity index (χ2n) is 6.95. The van der Waals surface area contributed by atoms with Crippen molar-refractivity contribution in [3.8, 4) is 0 Å². The van der Waals surface area contributed by atoms with E-state index in [1.807, 2.05) is 39.8 Å². The first-order valence-electron chi connectivity index (χ1n) is 8.06. The van der Waals surface area contributed by atoms with Gasteiger partial charge in [-0.3, -0.25) is 4.79 Å². The second kappa shape index (κ2) is 6.93. The Bertz CT molecular complexity index is 769. The Morgan fingerprint density at radius 3 is 2.50 bits per heavy atom. The average molecular weight is 343 g/mol. The van der Waals surface area contributed by atoms with Crippen molar-refractivity contribution in [1.82, 2.24) is 9.97 Å². The van der Waals surface area contributed by atoms with E-state index in [9.17, 15) is 4.79 Å². The minimum atomic E-state index is -0.464. The van der Waals surface area contributed by atoms with Gasteiger partial charge in [0.25, 0.3) is 0 Å². The molecule has 5 heteroatoms. The molecule has 0 saturated heterocycles. The summed E-state index contributed by atoms with van der Waals surface area (Å²) in [5.41, 5.74) is 8.90. The molecule has 0 aliphatic rings. The lowest BCUT2D eigenvalue weighted by Crippen LogP contribution is -2.30. The first kappa shape index (κ1) is 18.5. The lowest BCUT2D eigenvalue weighted by Gasteiger charge is -2.28. The molecule has 0 bridgehead atoms. The van der Waals surface area contributed by atoms with Gasteiger partial charge in [0.05, 0.1) is 5.69 Å². The highest BCUT2D eigenvalue weighted by Crippen LogP contribution is 2.37. The lowest BCUT2D eigenvalue weighted by molar-refractivity contribution is 0.0773. The minimum absolute atomic E-state index is 0.0680. The molecule has 2 aromatic rings. The fraction of sp³-hybridized carbons (Fsp3) is 0.421. The highest BCUT2D eigenvalue weighted by molar-refractivity contribution is 7.99. The number of anilines is 1. The molecule has 1 heterocycles. The van der Waals surface area contributed by atoms with E-state index in [-0.39, 0.29) is 11.7 Å². The Morgan fingerprint density at radius 1 is 1.25 bits per heavy atom. The third-order valence-electron chi connectivity index (χ3n) is 4.74. The average Bonchev–Trinajstić information content (AvgIpc) is 2.52. The maximum Gasteiger partial charge on any atom is 0.192 e. The van der Waals surface area contributed by atoms with Crippen molar-refractivity contribution in [3.05, 3.63) is 41.2 Å². The number of Topliss-reactive ketones (excluding diaryl/α,β-unsaturated/α-hetero) is 1. The van der Waals surface area contributed by atoms with Crippen LogP contribution in [0.15, 0.2) is 34.4 Å². The van der Waals surface area contributed by atoms with Gasteiger partial charge in [0.2, 0.25) is 0 Å². The summed E-state index contributed by atoms with van der Waals surface area (Å²) < 4.78 is 0. The maximum atomic E-state index is 12.9. The molecule has 0 saturated carbocycles. The van der Waals surface area contributed by atoms with Crippen LogP contribution in [-0.2, 0) is 0 Å². The van der Waals surface area contributed by atoms with Crippen molar-refractivity contribution in [1.29, 1.82) is 0 Å². The standard InChI is InChI=1S/C19H25N3OS/c1-11(2)19(5,6)17(23)14-8-7-9-15(16(14)20)24-18-21-10-12(3)13(4)22-18/h7-11H,20H2,1-6H3. The second-order valence-corrected chi connectivity index (χ2v) is 7.96. The fourth-order valence-electron chi connectivity index (χ4n) is 2.09. The van der Waals surface area contributed by atoms with Crippen LogP contribution < -0.4 is 5.73 Å². The number of aromatic nitrogens is 2. The van der Waals surface area contributed by atoms with E-state index in [1.54, 1.807) is 12.3 Å². The predicted molar refractivity (Wildman–Crippen MR) is 99.4 cm³/mol. The van der Waals surface area contributed by atoms with Crippen LogP contribution in [0.1, 0.15) is 49.3 Å². The Hall–Kier alpha value is -1.88. The molecule has 1 aromatic carbocycles. The largest absolute Gasteiger partial charge is 0.397 e. The maximum absolute atomic E-state index is 12.9. The summed E-state index contributed by atoms with van der Waals surface area (Å²) in [6.45, 7) is 12.0. The van der Waals surface area contributed by atoms with Crippen molar-refractivity contribution in [3.63, 3.8) is 0 Å². The number of para-hydroxylation sites is 1. The van der Waals surface area contributed by atoms with Gasteiger partial charge < -0.3 is 5.73 Å². The van der Waals surface area contributed by atoms with Crippen molar-refractivity contribution < 1.29 is 4.79 Å². The smallest absolute Gasteiger partial charge is 0.192 e. The van der Waals surface area contributed by atoms with Gasteiger partial charge in [-0.2, -0.15) is 0 Å². The molecule has 0 radical (unpaired) electrons. The number of nitrogens with two attached hydrogens (primary N) is 1. The van der Waals surface area contributed by atoms with E-state index < -0.39 is 5.41 Å². The molecule has 0 fully saturated rings. The number of ketones is 1. The summed E-state index contributed by atoms with van der Waals surface area (Å²) in [4.78, 5) is 22.5. The van der Waals surface area contributed by atoms with Gasteiger partial charge in [-0.25, -0.2) is 9.97 Å². The van der Waals surface area contributed by atoms with E-state index in [1.165, 1.54) is 11.8 Å². The fourth-order valence-corrected chi connectivity index (χ4v) is 2.94. The SMILES string of the molecule is Cc1cnc(Sc2cccc(C(=O)C(C)(C)C(C)C)c2N)nc1C. The molecule has 24 heavy (non-hydrogen) atoms. The predicted octanol–water partition coefficient (Wildman–Crippen LogP) is 4.69. The van der Waals surface area contributed by atoms with E-state index in [2.05, 4.69) is 23.8 Å². The van der Waals surface area contributed by atoms with Crippen molar-refractivity contribution in [2.24, 2.45) is 11.3 Å². The summed E-state index contributed by atoms with van der Waals surface area (Å²) in [6, 6.07) is 5.56. The van der Waals surface area contributed by atoms with Gasteiger partial charge in [0.1, 0.15) is 0 Å². The Labute approximate surface area is 148 Å². The molecule has 0 unspecified atom stereocenters. The van der Waals surface area contributed by atoms with E-state index in [0.29, 0.717) is 16.4 Å². The van der Waals surface area contributed by atoms with Crippen LogP contribution in [0.25, 0.3) is 0 Å². The van der Waals surface area contributed by atoms with Crippen LogP contribution in [0.3, 0.4) is 0 Å². The number of aryl methyl sites for hydroxylation is 2. The van der Waals surface area contributed by atoms with Gasteiger partial charge >= 0.3 is 0 Å². The molecule has 0 atom stereocenters. The van der Waals surface area contributed by atoms with Crippen molar-refractivity contribution in [2.45, 2.75) is 51.6 Å². The van der Waals surface area contributed by atoms with Gasteiger partial charge in [-0.1, -0.05) is 33.8 Å². The zero-order valence-electron chi connectivity index (χ0n) is 15.2. The molecule has 0 spiro atoms. The van der Waals surface area contributed by atoms with Crippen LogP contribution in [0.4, 0.5) is 5.69 Å². The summed E-state index contributed by atoms with van der Waals surface area (Å²) in [5, 5.41) is 0.637. The minimum Gasteiger partial charge on any atom is -0.397 e. The number of rotatable bonds is 5. The summed E-state index contributed by atoms with van der Waals surface area (Å²) in [7, 11) is 0. The van der Waals surface area contributed by atoms with Crippen LogP contribution in [0, 0.1) is 25.2 Å².